The molecule has 2 N–H and O–H groups in total. The van der Waals surface area contributed by atoms with Gasteiger partial charge in [-0.2, -0.15) is 0 Å². The maximum Gasteiger partial charge on any atom is 0.253 e. The number of nitrogens with zero attached hydrogens (tertiary/aromatic N) is 3. The summed E-state index contributed by atoms with van der Waals surface area (Å²) in [5.41, 5.74) is 9.57. The molecule has 0 spiro atoms. The molecule has 1 unspecified atom stereocenters. The van der Waals surface area contributed by atoms with Crippen LogP contribution in [0.2, 0.25) is 0 Å². The molecule has 2 aliphatic rings. The molecule has 162 valence electrons. The van der Waals surface area contributed by atoms with Crippen molar-refractivity contribution < 1.29 is 4.79 Å². The Bertz CT molecular complexity index is 1030. The highest BCUT2D eigenvalue weighted by atomic mass is 16.2. The maximum atomic E-state index is 13.1. The Kier molecular flexibility index (Phi) is 5.79. The highest BCUT2D eigenvalue weighted by Gasteiger charge is 2.28. The van der Waals surface area contributed by atoms with Gasteiger partial charge in [0.2, 0.25) is 0 Å². The van der Waals surface area contributed by atoms with Crippen molar-refractivity contribution in [1.82, 2.24) is 14.4 Å². The lowest BCUT2D eigenvalue weighted by Crippen LogP contribution is -2.51. The predicted octanol–water partition coefficient (Wildman–Crippen LogP) is 4.04. The highest BCUT2D eigenvalue weighted by molar-refractivity contribution is 5.98. The van der Waals surface area contributed by atoms with Crippen LogP contribution in [0.1, 0.15) is 47.8 Å². The van der Waals surface area contributed by atoms with Gasteiger partial charge in [-0.05, 0) is 42.7 Å². The van der Waals surface area contributed by atoms with Crippen molar-refractivity contribution in [3.63, 3.8) is 0 Å². The van der Waals surface area contributed by atoms with Gasteiger partial charge in [0.05, 0.1) is 6.17 Å². The van der Waals surface area contributed by atoms with Crippen LogP contribution in [0.5, 0.6) is 0 Å². The number of nitrogens with two attached hydrogens (primary N) is 1. The zero-order valence-electron chi connectivity index (χ0n) is 18.1. The van der Waals surface area contributed by atoms with Crippen molar-refractivity contribution in [3.8, 4) is 0 Å². The van der Waals surface area contributed by atoms with Gasteiger partial charge in [-0.25, -0.2) is 0 Å². The predicted molar refractivity (Wildman–Crippen MR) is 125 cm³/mol. The van der Waals surface area contributed by atoms with E-state index >= 15 is 0 Å². The van der Waals surface area contributed by atoms with Crippen LogP contribution in [0.25, 0.3) is 10.9 Å². The number of aromatic nitrogens is 1. The number of fused-ring (bicyclic) bond motifs is 1. The molecule has 2 aromatic carbocycles. The first kappa shape index (κ1) is 20.3. The van der Waals surface area contributed by atoms with E-state index in [9.17, 15) is 4.79 Å². The second-order valence-electron chi connectivity index (χ2n) is 9.02. The van der Waals surface area contributed by atoms with E-state index in [2.05, 4.69) is 27.7 Å². The van der Waals surface area contributed by atoms with Gasteiger partial charge in [0, 0.05) is 61.3 Å². The number of hydrogen-bond acceptors (Lipinski definition) is 3. The Morgan fingerprint density at radius 2 is 1.71 bits per heavy atom. The third-order valence-electron chi connectivity index (χ3n) is 7.05. The Labute approximate surface area is 184 Å². The van der Waals surface area contributed by atoms with E-state index in [1.807, 2.05) is 47.5 Å². The summed E-state index contributed by atoms with van der Waals surface area (Å²) in [6.45, 7) is 3.67. The normalized spacial score (nSPS) is 19.2. The molecule has 1 saturated heterocycles. The number of piperazine rings is 1. The Morgan fingerprint density at radius 3 is 2.45 bits per heavy atom. The molecule has 2 heterocycles. The number of carbonyl (C=O) groups is 1. The minimum Gasteiger partial charge on any atom is -0.336 e. The van der Waals surface area contributed by atoms with E-state index in [0.717, 1.165) is 55.1 Å². The Balaban J connectivity index is 1.26. The fourth-order valence-corrected chi connectivity index (χ4v) is 5.28. The van der Waals surface area contributed by atoms with Gasteiger partial charge in [0.1, 0.15) is 0 Å². The van der Waals surface area contributed by atoms with Crippen LogP contribution in [0.3, 0.4) is 0 Å². The van der Waals surface area contributed by atoms with Gasteiger partial charge in [-0.1, -0.05) is 43.2 Å². The number of benzene rings is 2. The summed E-state index contributed by atoms with van der Waals surface area (Å²) < 4.78 is 2.11. The van der Waals surface area contributed by atoms with E-state index in [1.54, 1.807) is 0 Å². The number of carbonyl (C=O) groups excluding carboxylic acids is 1. The van der Waals surface area contributed by atoms with Crippen molar-refractivity contribution >= 4 is 16.8 Å². The summed E-state index contributed by atoms with van der Waals surface area (Å²) >= 11 is 0. The first-order chi connectivity index (χ1) is 15.2. The van der Waals surface area contributed by atoms with Crippen molar-refractivity contribution in [2.45, 2.75) is 44.3 Å². The Morgan fingerprint density at radius 1 is 0.968 bits per heavy atom. The summed E-state index contributed by atoms with van der Waals surface area (Å²) in [6.07, 6.45) is 8.05. The molecule has 1 aliphatic heterocycles. The van der Waals surface area contributed by atoms with E-state index < -0.39 is 0 Å². The summed E-state index contributed by atoms with van der Waals surface area (Å²) in [4.78, 5) is 17.7. The van der Waals surface area contributed by atoms with Crippen LogP contribution in [0.15, 0.2) is 60.8 Å². The molecule has 1 aromatic heterocycles. The molecule has 3 aromatic rings. The molecule has 0 bridgehead atoms. The largest absolute Gasteiger partial charge is 0.336 e. The second kappa shape index (κ2) is 8.85. The van der Waals surface area contributed by atoms with E-state index in [4.69, 9.17) is 5.73 Å². The zero-order chi connectivity index (χ0) is 21.2. The lowest BCUT2D eigenvalue weighted by molar-refractivity contribution is 0.0573. The van der Waals surface area contributed by atoms with E-state index in [1.165, 1.54) is 31.2 Å². The molecule has 2 fully saturated rings. The summed E-state index contributed by atoms with van der Waals surface area (Å²) in [5.74, 6) is 0.148. The molecule has 1 aliphatic carbocycles. The van der Waals surface area contributed by atoms with Crippen LogP contribution in [0, 0.1) is 0 Å². The highest BCUT2D eigenvalue weighted by Crippen LogP contribution is 2.26. The van der Waals surface area contributed by atoms with Gasteiger partial charge in [-0.15, -0.1) is 0 Å². The summed E-state index contributed by atoms with van der Waals surface area (Å²) in [7, 11) is 0. The fraction of sp³-hybridized carbons (Fsp3) is 0.423. The molecule has 0 radical (unpaired) electrons. The second-order valence-corrected chi connectivity index (χ2v) is 9.02. The van der Waals surface area contributed by atoms with Crippen molar-refractivity contribution in [3.05, 3.63) is 71.9 Å². The molecule has 5 heteroatoms. The lowest BCUT2D eigenvalue weighted by Gasteiger charge is -2.38. The third-order valence-corrected chi connectivity index (χ3v) is 7.05. The van der Waals surface area contributed by atoms with Gasteiger partial charge in [-0.3, -0.25) is 9.69 Å². The number of rotatable bonds is 5. The van der Waals surface area contributed by atoms with Gasteiger partial charge in [0.25, 0.3) is 5.91 Å². The van der Waals surface area contributed by atoms with E-state index in [0.29, 0.717) is 0 Å². The molecule has 1 amide bonds. The number of hydrogen-bond donors (Lipinski definition) is 1. The lowest BCUT2D eigenvalue weighted by atomic mass is 10.1. The fourth-order valence-electron chi connectivity index (χ4n) is 5.28. The average molecular weight is 417 g/mol. The van der Waals surface area contributed by atoms with Gasteiger partial charge >= 0.3 is 0 Å². The van der Waals surface area contributed by atoms with Gasteiger partial charge < -0.3 is 15.2 Å². The molecule has 31 heavy (non-hydrogen) atoms. The van der Waals surface area contributed by atoms with Gasteiger partial charge in [0.15, 0.2) is 0 Å². The Hall–Kier alpha value is -2.63. The molecule has 1 saturated carbocycles. The first-order valence-electron chi connectivity index (χ1n) is 11.6. The molecule has 5 rings (SSSR count). The summed E-state index contributed by atoms with van der Waals surface area (Å²) in [5, 5.41) is 1.07. The minimum absolute atomic E-state index is 0.134. The van der Waals surface area contributed by atoms with Crippen molar-refractivity contribution in [2.24, 2.45) is 5.73 Å². The quantitative estimate of drug-likeness (QED) is 0.683. The first-order valence-corrected chi connectivity index (χ1v) is 11.6. The summed E-state index contributed by atoms with van der Waals surface area (Å²) in [6, 6.07) is 19.1. The molecule has 5 nitrogen and oxygen atoms in total. The average Bonchev–Trinajstić information content (AvgIpc) is 3.49. The number of amides is 1. The van der Waals surface area contributed by atoms with E-state index in [-0.39, 0.29) is 12.1 Å². The van der Waals surface area contributed by atoms with Crippen LogP contribution in [-0.2, 0) is 6.42 Å². The smallest absolute Gasteiger partial charge is 0.253 e. The molecular formula is C26H32N4O. The maximum absolute atomic E-state index is 13.1. The van der Waals surface area contributed by atoms with Crippen LogP contribution in [0.4, 0.5) is 0 Å². The molecular weight excluding hydrogens is 384 g/mol. The monoisotopic (exact) mass is 416 g/mol. The van der Waals surface area contributed by atoms with Crippen molar-refractivity contribution in [2.75, 3.05) is 26.2 Å². The van der Waals surface area contributed by atoms with Crippen molar-refractivity contribution in [1.29, 1.82) is 0 Å². The topological polar surface area (TPSA) is 54.5 Å². The van der Waals surface area contributed by atoms with Crippen LogP contribution >= 0.6 is 0 Å². The zero-order valence-corrected chi connectivity index (χ0v) is 18.1. The van der Waals surface area contributed by atoms with Crippen LogP contribution < -0.4 is 5.73 Å². The SMILES string of the molecule is NC(Cc1ccccc1)n1ccc2cc(C(=O)N3CCN(C4CCCC4)CC3)ccc21. The van der Waals surface area contributed by atoms with Crippen LogP contribution in [-0.4, -0.2) is 52.5 Å². The standard InChI is InChI=1S/C26H32N4O/c27-25(18-20-6-2-1-3-7-20)30-13-12-21-19-22(10-11-24(21)30)26(31)29-16-14-28(15-17-29)23-8-4-5-9-23/h1-3,6-7,10-13,19,23,25H,4-5,8-9,14-18,27H2. The third kappa shape index (κ3) is 4.25. The molecule has 1 atom stereocenters. The minimum atomic E-state index is -0.134.